The number of nitrogens with zero attached hydrogens (tertiary/aromatic N) is 2. The van der Waals surface area contributed by atoms with Crippen molar-refractivity contribution in [2.24, 2.45) is 0 Å². The van der Waals surface area contributed by atoms with Crippen molar-refractivity contribution < 1.29 is 4.42 Å². The average Bonchev–Trinajstić information content (AvgIpc) is 3.82. The molecule has 0 saturated carbocycles. The van der Waals surface area contributed by atoms with Crippen LogP contribution in [0.15, 0.2) is 199 Å². The van der Waals surface area contributed by atoms with E-state index < -0.39 is 0 Å². The predicted molar refractivity (Wildman–Crippen MR) is 223 cm³/mol. The normalized spacial score (nSPS) is 11.4. The second kappa shape index (κ2) is 13.1. The maximum absolute atomic E-state index is 6.64. The van der Waals surface area contributed by atoms with E-state index in [1.165, 1.54) is 22.3 Å². The monoisotopic (exact) mass is 696 g/mol. The van der Waals surface area contributed by atoms with Gasteiger partial charge in [-0.05, 0) is 70.3 Å². The van der Waals surface area contributed by atoms with Crippen LogP contribution in [0.5, 0.6) is 0 Å². The third-order valence-corrected chi connectivity index (χ3v) is 11.0. The van der Waals surface area contributed by atoms with E-state index in [9.17, 15) is 0 Å². The summed E-state index contributed by atoms with van der Waals surface area (Å²) in [6, 6.07) is 68.6. The van der Waals surface area contributed by atoms with Crippen molar-refractivity contribution in [3.05, 3.63) is 194 Å². The molecule has 0 saturated heterocycles. The van der Waals surface area contributed by atoms with Crippen molar-refractivity contribution in [2.75, 3.05) is 4.90 Å². The smallest absolute Gasteiger partial charge is 0.143 e. The van der Waals surface area contributed by atoms with Crippen LogP contribution in [-0.4, -0.2) is 4.98 Å². The number of para-hydroxylation sites is 1. The summed E-state index contributed by atoms with van der Waals surface area (Å²) >= 11 is 1.70. The molecule has 53 heavy (non-hydrogen) atoms. The maximum Gasteiger partial charge on any atom is 0.143 e. The van der Waals surface area contributed by atoms with E-state index >= 15 is 0 Å². The van der Waals surface area contributed by atoms with Gasteiger partial charge in [-0.2, -0.15) is 0 Å². The Morgan fingerprint density at radius 3 is 1.45 bits per heavy atom. The molecule has 10 rings (SSSR count). The Hall–Kier alpha value is -6.75. The summed E-state index contributed by atoms with van der Waals surface area (Å²) in [6.07, 6.45) is 0. The molecule has 0 aliphatic rings. The van der Waals surface area contributed by atoms with Crippen LogP contribution in [0.2, 0.25) is 0 Å². The van der Waals surface area contributed by atoms with Gasteiger partial charge in [-0.15, -0.1) is 11.3 Å². The number of hydrogen-bond donors (Lipinski definition) is 0. The molecule has 8 aromatic carbocycles. The van der Waals surface area contributed by atoms with E-state index in [0.717, 1.165) is 70.9 Å². The van der Waals surface area contributed by atoms with Crippen LogP contribution in [0.4, 0.5) is 17.1 Å². The highest BCUT2D eigenvalue weighted by molar-refractivity contribution is 7.21. The number of fused-ring (bicyclic) bond motifs is 4. The zero-order valence-corrected chi connectivity index (χ0v) is 29.5. The Morgan fingerprint density at radius 1 is 0.415 bits per heavy atom. The number of anilines is 3. The van der Waals surface area contributed by atoms with Crippen LogP contribution < -0.4 is 4.90 Å². The van der Waals surface area contributed by atoms with Crippen molar-refractivity contribution in [1.29, 1.82) is 0 Å². The fraction of sp³-hybridized carbons (Fsp3) is 0. The molecule has 0 aliphatic carbocycles. The van der Waals surface area contributed by atoms with Crippen LogP contribution in [0.3, 0.4) is 0 Å². The van der Waals surface area contributed by atoms with Crippen molar-refractivity contribution >= 4 is 60.6 Å². The van der Waals surface area contributed by atoms with Gasteiger partial charge in [0, 0.05) is 45.0 Å². The average molecular weight is 697 g/mol. The maximum atomic E-state index is 6.64. The van der Waals surface area contributed by atoms with Gasteiger partial charge >= 0.3 is 0 Å². The molecule has 250 valence electrons. The second-order valence-corrected chi connectivity index (χ2v) is 14.2. The number of rotatable bonds is 7. The molecule has 2 heterocycles. The van der Waals surface area contributed by atoms with E-state index in [4.69, 9.17) is 9.40 Å². The number of furan rings is 1. The molecule has 0 aliphatic heterocycles. The Kier molecular flexibility index (Phi) is 7.67. The number of hydrogen-bond acceptors (Lipinski definition) is 4. The largest absolute Gasteiger partial charge is 0.455 e. The van der Waals surface area contributed by atoms with E-state index in [1.54, 1.807) is 11.3 Å². The zero-order chi connectivity index (χ0) is 35.1. The number of benzene rings is 8. The molecule has 0 amide bonds. The highest BCUT2D eigenvalue weighted by atomic mass is 32.1. The lowest BCUT2D eigenvalue weighted by atomic mass is 10.0. The molecule has 0 radical (unpaired) electrons. The number of aromatic nitrogens is 1. The van der Waals surface area contributed by atoms with Crippen LogP contribution in [0, 0.1) is 0 Å². The van der Waals surface area contributed by atoms with Gasteiger partial charge in [0.1, 0.15) is 16.2 Å². The van der Waals surface area contributed by atoms with Gasteiger partial charge in [0.05, 0.1) is 10.2 Å². The zero-order valence-electron chi connectivity index (χ0n) is 28.7. The van der Waals surface area contributed by atoms with Gasteiger partial charge in [0.25, 0.3) is 0 Å². The quantitative estimate of drug-likeness (QED) is 0.166. The topological polar surface area (TPSA) is 29.3 Å². The van der Waals surface area contributed by atoms with Gasteiger partial charge in [-0.3, -0.25) is 0 Å². The third kappa shape index (κ3) is 5.76. The lowest BCUT2D eigenvalue weighted by Gasteiger charge is -2.26. The van der Waals surface area contributed by atoms with Crippen LogP contribution in [0.25, 0.3) is 76.1 Å². The summed E-state index contributed by atoms with van der Waals surface area (Å²) in [4.78, 5) is 7.31. The van der Waals surface area contributed by atoms with E-state index in [2.05, 4.69) is 193 Å². The minimum absolute atomic E-state index is 0.879. The molecule has 0 N–H and O–H groups in total. The summed E-state index contributed by atoms with van der Waals surface area (Å²) in [5.74, 6) is 0. The lowest BCUT2D eigenvalue weighted by molar-refractivity contribution is 0.670. The molecule has 0 unspecified atom stereocenters. The summed E-state index contributed by atoms with van der Waals surface area (Å²) in [7, 11) is 0. The Morgan fingerprint density at radius 2 is 0.906 bits per heavy atom. The summed E-state index contributed by atoms with van der Waals surface area (Å²) in [5.41, 5.74) is 14.1. The predicted octanol–water partition coefficient (Wildman–Crippen LogP) is 14.3. The molecule has 10 aromatic rings. The third-order valence-electron chi connectivity index (χ3n) is 9.93. The first-order valence-corrected chi connectivity index (χ1v) is 18.6. The molecular formula is C49H32N2OS. The summed E-state index contributed by atoms with van der Waals surface area (Å²) < 4.78 is 7.76. The minimum atomic E-state index is 0.879. The Balaban J connectivity index is 1.02. The van der Waals surface area contributed by atoms with E-state index in [0.29, 0.717) is 0 Å². The first-order valence-electron chi connectivity index (χ1n) is 17.8. The van der Waals surface area contributed by atoms with Crippen molar-refractivity contribution in [2.45, 2.75) is 0 Å². The first kappa shape index (κ1) is 31.0. The second-order valence-electron chi connectivity index (χ2n) is 13.2. The molecule has 3 nitrogen and oxygen atoms in total. The van der Waals surface area contributed by atoms with Crippen molar-refractivity contribution in [3.63, 3.8) is 0 Å². The standard InChI is InChI=1S/C49H32N2OS/c1-4-11-33(12-5-1)35-19-25-39(26-20-35)51(40-27-21-36(22-28-40)34-13-6-2-7-14-34)41-29-23-37(24-30-41)42-17-10-18-43-44-31-45-47(32-46(44)52-48(42)43)53-49(50-45)38-15-8-3-9-16-38/h1-32H. The van der Waals surface area contributed by atoms with Crippen LogP contribution >= 0.6 is 11.3 Å². The van der Waals surface area contributed by atoms with Crippen molar-refractivity contribution in [1.82, 2.24) is 4.98 Å². The Bertz CT molecular complexity index is 2760. The molecule has 0 fully saturated rings. The summed E-state index contributed by atoms with van der Waals surface area (Å²) in [6.45, 7) is 0. The van der Waals surface area contributed by atoms with Crippen LogP contribution in [-0.2, 0) is 0 Å². The highest BCUT2D eigenvalue weighted by Crippen LogP contribution is 2.42. The van der Waals surface area contributed by atoms with Crippen LogP contribution in [0.1, 0.15) is 0 Å². The lowest BCUT2D eigenvalue weighted by Crippen LogP contribution is -2.09. The molecular weight excluding hydrogens is 665 g/mol. The van der Waals surface area contributed by atoms with Gasteiger partial charge in [-0.25, -0.2) is 4.98 Å². The SMILES string of the molecule is c1ccc(-c2ccc(N(c3ccc(-c4ccccc4)cc3)c3ccc(-c4cccc5c4oc4cc6sc(-c7ccccc7)nc6cc45)cc3)cc2)cc1. The number of thiazole rings is 1. The fourth-order valence-corrected chi connectivity index (χ4v) is 8.24. The van der Waals surface area contributed by atoms with Gasteiger partial charge in [-0.1, -0.05) is 146 Å². The molecule has 0 spiro atoms. The minimum Gasteiger partial charge on any atom is -0.455 e. The van der Waals surface area contributed by atoms with Gasteiger partial charge < -0.3 is 9.32 Å². The first-order chi connectivity index (χ1) is 26.2. The summed E-state index contributed by atoms with van der Waals surface area (Å²) in [5, 5.41) is 3.20. The molecule has 2 aromatic heterocycles. The molecule has 0 bridgehead atoms. The Labute approximate surface area is 311 Å². The van der Waals surface area contributed by atoms with E-state index in [-0.39, 0.29) is 0 Å². The van der Waals surface area contributed by atoms with Gasteiger partial charge in [0.2, 0.25) is 0 Å². The molecule has 0 atom stereocenters. The fourth-order valence-electron chi connectivity index (χ4n) is 7.26. The van der Waals surface area contributed by atoms with Gasteiger partial charge in [0.15, 0.2) is 0 Å². The molecule has 4 heteroatoms. The highest BCUT2D eigenvalue weighted by Gasteiger charge is 2.17. The van der Waals surface area contributed by atoms with E-state index in [1.807, 2.05) is 6.07 Å². The van der Waals surface area contributed by atoms with Crippen molar-refractivity contribution in [3.8, 4) is 44.0 Å².